The number of aryl methyl sites for hydroxylation is 1. The molecule has 1 N–H and O–H groups in total. The van der Waals surface area contributed by atoms with Crippen molar-refractivity contribution in [3.8, 4) is 11.3 Å². The van der Waals surface area contributed by atoms with Gasteiger partial charge in [-0.1, -0.05) is 54.1 Å². The number of nitrogens with one attached hydrogen (secondary N) is 1. The average molecular weight is 478 g/mol. The Morgan fingerprint density at radius 3 is 2.61 bits per heavy atom. The van der Waals surface area contributed by atoms with Gasteiger partial charge >= 0.3 is 0 Å². The molecular formula is C25H23N3O3S2. The van der Waals surface area contributed by atoms with Crippen LogP contribution in [0.1, 0.15) is 18.4 Å². The molecule has 0 aliphatic carbocycles. The first kappa shape index (κ1) is 21.8. The molecule has 5 rings (SSSR count). The number of aromatic nitrogens is 1. The molecule has 1 atom stereocenters. The van der Waals surface area contributed by atoms with Crippen LogP contribution >= 0.6 is 11.3 Å². The monoisotopic (exact) mass is 477 g/mol. The van der Waals surface area contributed by atoms with Crippen LogP contribution in [0.4, 0.5) is 5.13 Å². The van der Waals surface area contributed by atoms with Gasteiger partial charge < -0.3 is 5.32 Å². The van der Waals surface area contributed by atoms with E-state index < -0.39 is 16.1 Å². The molecule has 2 heterocycles. The number of benzene rings is 3. The largest absolute Gasteiger partial charge is 0.301 e. The Balaban J connectivity index is 1.34. The minimum Gasteiger partial charge on any atom is -0.301 e. The van der Waals surface area contributed by atoms with Gasteiger partial charge in [-0.25, -0.2) is 13.4 Å². The summed E-state index contributed by atoms with van der Waals surface area (Å²) in [6, 6.07) is 20.2. The van der Waals surface area contributed by atoms with Gasteiger partial charge in [-0.3, -0.25) is 4.79 Å². The number of fused-ring (bicyclic) bond motifs is 1. The molecule has 1 amide bonds. The summed E-state index contributed by atoms with van der Waals surface area (Å²) in [6.45, 7) is 2.23. The van der Waals surface area contributed by atoms with Crippen molar-refractivity contribution in [2.24, 2.45) is 0 Å². The van der Waals surface area contributed by atoms with Gasteiger partial charge in [-0.2, -0.15) is 4.31 Å². The number of nitrogens with zero attached hydrogens (tertiary/aromatic N) is 2. The number of thiazole rings is 1. The third-order valence-electron chi connectivity index (χ3n) is 5.91. The number of sulfonamides is 1. The van der Waals surface area contributed by atoms with Gasteiger partial charge in [-0.05, 0) is 48.7 Å². The van der Waals surface area contributed by atoms with E-state index >= 15 is 0 Å². The van der Waals surface area contributed by atoms with E-state index in [-0.39, 0.29) is 10.8 Å². The van der Waals surface area contributed by atoms with E-state index in [9.17, 15) is 13.2 Å². The minimum absolute atomic E-state index is 0.209. The summed E-state index contributed by atoms with van der Waals surface area (Å²) in [6.07, 6.45) is 1.13. The predicted octanol–water partition coefficient (Wildman–Crippen LogP) is 5.06. The third-order valence-corrected chi connectivity index (χ3v) is 8.59. The number of carbonyl (C=O) groups excluding carboxylic acids is 1. The van der Waals surface area contributed by atoms with Crippen LogP contribution in [0.15, 0.2) is 77.0 Å². The number of amides is 1. The summed E-state index contributed by atoms with van der Waals surface area (Å²) in [5.41, 5.74) is 2.72. The van der Waals surface area contributed by atoms with Crippen molar-refractivity contribution in [2.45, 2.75) is 30.7 Å². The van der Waals surface area contributed by atoms with Crippen LogP contribution in [0.3, 0.4) is 0 Å². The Kier molecular flexibility index (Phi) is 5.74. The topological polar surface area (TPSA) is 79.4 Å². The second kappa shape index (κ2) is 8.70. The van der Waals surface area contributed by atoms with Gasteiger partial charge in [0, 0.05) is 17.5 Å². The fourth-order valence-electron chi connectivity index (χ4n) is 4.14. The summed E-state index contributed by atoms with van der Waals surface area (Å²) >= 11 is 1.33. The summed E-state index contributed by atoms with van der Waals surface area (Å²) in [4.78, 5) is 17.8. The Morgan fingerprint density at radius 2 is 1.82 bits per heavy atom. The molecule has 1 saturated heterocycles. The van der Waals surface area contributed by atoms with Crippen LogP contribution in [-0.2, 0) is 14.8 Å². The lowest BCUT2D eigenvalue weighted by atomic mass is 10.1. The summed E-state index contributed by atoms with van der Waals surface area (Å²) < 4.78 is 27.6. The van der Waals surface area contributed by atoms with E-state index in [1.54, 1.807) is 24.3 Å². The number of carbonyl (C=O) groups is 1. The molecule has 1 unspecified atom stereocenters. The second-order valence-corrected chi connectivity index (χ2v) is 10.9. The van der Waals surface area contributed by atoms with Crippen LogP contribution in [0.5, 0.6) is 0 Å². The molecule has 168 valence electrons. The Morgan fingerprint density at radius 1 is 1.06 bits per heavy atom. The zero-order chi connectivity index (χ0) is 23.0. The number of anilines is 1. The molecule has 8 heteroatoms. The Labute approximate surface area is 197 Å². The SMILES string of the molecule is Cc1ccc(S(=O)(=O)N2CCCC2C(=O)Nc2nc(-c3ccc4ccccc4c3)cs2)cc1. The van der Waals surface area contributed by atoms with E-state index in [0.29, 0.717) is 24.5 Å². The van der Waals surface area contributed by atoms with Crippen molar-refractivity contribution in [1.29, 1.82) is 0 Å². The van der Waals surface area contributed by atoms with Crippen molar-refractivity contribution in [3.63, 3.8) is 0 Å². The van der Waals surface area contributed by atoms with Gasteiger partial charge in [0.05, 0.1) is 10.6 Å². The normalized spacial score (nSPS) is 16.8. The van der Waals surface area contributed by atoms with Crippen molar-refractivity contribution < 1.29 is 13.2 Å². The predicted molar refractivity (Wildman–Crippen MR) is 132 cm³/mol. The minimum atomic E-state index is -3.75. The van der Waals surface area contributed by atoms with E-state index in [1.165, 1.54) is 15.6 Å². The quantitative estimate of drug-likeness (QED) is 0.436. The fraction of sp³-hybridized carbons (Fsp3) is 0.200. The summed E-state index contributed by atoms with van der Waals surface area (Å²) in [5, 5.41) is 7.47. The lowest BCUT2D eigenvalue weighted by molar-refractivity contribution is -0.119. The average Bonchev–Trinajstić information content (AvgIpc) is 3.49. The van der Waals surface area contributed by atoms with E-state index in [2.05, 4.69) is 34.6 Å². The number of hydrogen-bond donors (Lipinski definition) is 1. The molecular weight excluding hydrogens is 454 g/mol. The molecule has 4 aromatic rings. The smallest absolute Gasteiger partial charge is 0.244 e. The van der Waals surface area contributed by atoms with Crippen molar-refractivity contribution >= 4 is 43.2 Å². The van der Waals surface area contributed by atoms with Crippen LogP contribution in [0, 0.1) is 6.92 Å². The molecule has 33 heavy (non-hydrogen) atoms. The first-order valence-corrected chi connectivity index (χ1v) is 13.1. The standard InChI is InChI=1S/C25H23N3O3S2/c1-17-8-12-21(13-9-17)33(30,31)28-14-4-7-23(28)24(29)27-25-26-22(16-32-25)20-11-10-18-5-2-3-6-19(18)15-20/h2-3,5-6,8-13,15-16,23H,4,7,14H2,1H3,(H,26,27,29). The molecule has 1 aliphatic rings. The van der Waals surface area contributed by atoms with Crippen molar-refractivity contribution in [1.82, 2.24) is 9.29 Å². The first-order chi connectivity index (χ1) is 15.9. The maximum atomic E-state index is 13.1. The summed E-state index contributed by atoms with van der Waals surface area (Å²) in [7, 11) is -3.75. The van der Waals surface area contributed by atoms with Crippen molar-refractivity contribution in [3.05, 3.63) is 77.7 Å². The lowest BCUT2D eigenvalue weighted by Crippen LogP contribution is -2.43. The van der Waals surface area contributed by atoms with E-state index in [0.717, 1.165) is 27.6 Å². The fourth-order valence-corrected chi connectivity index (χ4v) is 6.52. The third kappa shape index (κ3) is 4.29. The highest BCUT2D eigenvalue weighted by molar-refractivity contribution is 7.89. The van der Waals surface area contributed by atoms with Gasteiger partial charge in [-0.15, -0.1) is 11.3 Å². The van der Waals surface area contributed by atoms with Crippen LogP contribution < -0.4 is 5.32 Å². The molecule has 1 aliphatic heterocycles. The van der Waals surface area contributed by atoms with E-state index in [4.69, 9.17) is 0 Å². The molecule has 6 nitrogen and oxygen atoms in total. The highest BCUT2D eigenvalue weighted by Crippen LogP contribution is 2.30. The van der Waals surface area contributed by atoms with Gasteiger partial charge in [0.25, 0.3) is 0 Å². The molecule has 0 bridgehead atoms. The number of rotatable bonds is 5. The van der Waals surface area contributed by atoms with Crippen molar-refractivity contribution in [2.75, 3.05) is 11.9 Å². The molecule has 3 aromatic carbocycles. The highest BCUT2D eigenvalue weighted by atomic mass is 32.2. The molecule has 0 spiro atoms. The Hall–Kier alpha value is -3.07. The molecule has 0 radical (unpaired) electrons. The van der Waals surface area contributed by atoms with Crippen LogP contribution in [0.2, 0.25) is 0 Å². The van der Waals surface area contributed by atoms with Gasteiger partial charge in [0.1, 0.15) is 6.04 Å². The highest BCUT2D eigenvalue weighted by Gasteiger charge is 2.39. The second-order valence-electron chi connectivity index (χ2n) is 8.18. The molecule has 1 fully saturated rings. The summed E-state index contributed by atoms with van der Waals surface area (Å²) in [5.74, 6) is -0.345. The van der Waals surface area contributed by atoms with E-state index in [1.807, 2.05) is 30.5 Å². The maximum Gasteiger partial charge on any atom is 0.244 e. The Bertz CT molecular complexity index is 1430. The lowest BCUT2D eigenvalue weighted by Gasteiger charge is -2.23. The van der Waals surface area contributed by atoms with Gasteiger partial charge in [0.2, 0.25) is 15.9 Å². The zero-order valence-corrected chi connectivity index (χ0v) is 19.7. The molecule has 1 aromatic heterocycles. The first-order valence-electron chi connectivity index (χ1n) is 10.8. The van der Waals surface area contributed by atoms with Crippen LogP contribution in [-0.4, -0.2) is 36.2 Å². The van der Waals surface area contributed by atoms with Gasteiger partial charge in [0.15, 0.2) is 5.13 Å². The number of hydrogen-bond acceptors (Lipinski definition) is 5. The molecule has 0 saturated carbocycles. The zero-order valence-electron chi connectivity index (χ0n) is 18.1. The maximum absolute atomic E-state index is 13.1. The van der Waals surface area contributed by atoms with Crippen LogP contribution in [0.25, 0.3) is 22.0 Å².